The van der Waals surface area contributed by atoms with Gasteiger partial charge in [-0.2, -0.15) is 0 Å². The highest BCUT2D eigenvalue weighted by Gasteiger charge is 2.12. The molecular weight excluding hydrogens is 417 g/mol. The third-order valence-electron chi connectivity index (χ3n) is 3.79. The molecule has 0 spiro atoms. The Balaban J connectivity index is 1.60. The first-order valence-corrected chi connectivity index (χ1v) is 9.78. The van der Waals surface area contributed by atoms with Crippen LogP contribution in [0.25, 0.3) is 0 Å². The number of nitrogens with one attached hydrogen (secondary N) is 1. The summed E-state index contributed by atoms with van der Waals surface area (Å²) in [7, 11) is 0. The van der Waals surface area contributed by atoms with Crippen molar-refractivity contribution in [3.8, 4) is 5.75 Å². The van der Waals surface area contributed by atoms with Crippen LogP contribution in [0.2, 0.25) is 0 Å². The molecule has 1 aromatic heterocycles. The normalized spacial score (nSPS) is 10.6. The lowest BCUT2D eigenvalue weighted by atomic mass is 10.2. The van der Waals surface area contributed by atoms with Crippen LogP contribution < -0.4 is 10.1 Å². The van der Waals surface area contributed by atoms with Crippen LogP contribution in [-0.4, -0.2) is 5.91 Å². The molecule has 6 heteroatoms. The number of halogens is 2. The van der Waals surface area contributed by atoms with Crippen molar-refractivity contribution < 1.29 is 13.9 Å². The number of hydrogen-bond donors (Lipinski definition) is 1. The summed E-state index contributed by atoms with van der Waals surface area (Å²) in [6.45, 7) is 2.48. The lowest BCUT2D eigenvalue weighted by Gasteiger charge is -2.06. The molecule has 0 saturated heterocycles. The molecular formula is C20H17BrFNO2S. The molecule has 2 aromatic carbocycles. The van der Waals surface area contributed by atoms with E-state index in [1.54, 1.807) is 12.1 Å². The van der Waals surface area contributed by atoms with Crippen molar-refractivity contribution in [3.05, 3.63) is 80.2 Å². The van der Waals surface area contributed by atoms with Crippen LogP contribution in [0.4, 0.5) is 10.1 Å². The molecule has 3 aromatic rings. The van der Waals surface area contributed by atoms with E-state index in [0.717, 1.165) is 17.7 Å². The zero-order valence-electron chi connectivity index (χ0n) is 14.1. The van der Waals surface area contributed by atoms with Crippen molar-refractivity contribution >= 4 is 38.9 Å². The fourth-order valence-corrected chi connectivity index (χ4v) is 3.46. The number of benzene rings is 2. The fraction of sp³-hybridized carbons (Fsp3) is 0.150. The first-order chi connectivity index (χ1) is 12.5. The van der Waals surface area contributed by atoms with Crippen LogP contribution in [0.3, 0.4) is 0 Å². The number of anilines is 1. The lowest BCUT2D eigenvalue weighted by Crippen LogP contribution is -2.11. The minimum Gasteiger partial charge on any atom is -0.489 e. The van der Waals surface area contributed by atoms with Gasteiger partial charge in [-0.1, -0.05) is 35.0 Å². The van der Waals surface area contributed by atoms with E-state index in [0.29, 0.717) is 16.0 Å². The van der Waals surface area contributed by atoms with Crippen molar-refractivity contribution in [1.82, 2.24) is 0 Å². The van der Waals surface area contributed by atoms with Gasteiger partial charge >= 0.3 is 0 Å². The third kappa shape index (κ3) is 4.71. The van der Waals surface area contributed by atoms with Gasteiger partial charge in [-0.25, -0.2) is 4.39 Å². The maximum absolute atomic E-state index is 13.8. The topological polar surface area (TPSA) is 38.3 Å². The molecule has 0 aliphatic heterocycles. The molecule has 0 atom stereocenters. The Morgan fingerprint density at radius 1 is 1.15 bits per heavy atom. The molecule has 3 rings (SSSR count). The van der Waals surface area contributed by atoms with E-state index in [9.17, 15) is 9.18 Å². The summed E-state index contributed by atoms with van der Waals surface area (Å²) in [6.07, 6.45) is 0.988. The van der Waals surface area contributed by atoms with Crippen LogP contribution in [0, 0.1) is 5.82 Å². The number of amides is 1. The second-order valence-corrected chi connectivity index (χ2v) is 7.51. The molecule has 1 amide bonds. The zero-order valence-corrected chi connectivity index (χ0v) is 16.5. The maximum atomic E-state index is 13.8. The minimum atomic E-state index is -0.483. The Morgan fingerprint density at radius 3 is 2.62 bits per heavy atom. The number of thiophene rings is 1. The Bertz CT molecular complexity index is 908. The Morgan fingerprint density at radius 2 is 1.92 bits per heavy atom. The second-order valence-electron chi connectivity index (χ2n) is 5.68. The molecule has 26 heavy (non-hydrogen) atoms. The highest BCUT2D eigenvalue weighted by Crippen LogP contribution is 2.22. The van der Waals surface area contributed by atoms with Gasteiger partial charge in [0.25, 0.3) is 5.91 Å². The van der Waals surface area contributed by atoms with E-state index in [4.69, 9.17) is 4.74 Å². The van der Waals surface area contributed by atoms with Gasteiger partial charge in [0.1, 0.15) is 18.2 Å². The van der Waals surface area contributed by atoms with Crippen LogP contribution in [0.5, 0.6) is 5.75 Å². The van der Waals surface area contributed by atoms with E-state index in [1.807, 2.05) is 29.6 Å². The molecule has 0 aliphatic carbocycles. The first-order valence-electron chi connectivity index (χ1n) is 8.10. The second kappa shape index (κ2) is 8.47. The lowest BCUT2D eigenvalue weighted by molar-refractivity contribution is 0.103. The van der Waals surface area contributed by atoms with Crippen LogP contribution in [0.1, 0.15) is 27.7 Å². The van der Waals surface area contributed by atoms with E-state index < -0.39 is 5.82 Å². The summed E-state index contributed by atoms with van der Waals surface area (Å²) >= 11 is 4.49. The number of carbonyl (C=O) groups excluding carboxylic acids is 1. The predicted octanol–water partition coefficient (Wildman–Crippen LogP) is 6.04. The third-order valence-corrected chi connectivity index (χ3v) is 5.27. The number of aryl methyl sites for hydroxylation is 1. The highest BCUT2D eigenvalue weighted by molar-refractivity contribution is 9.10. The Labute approximate surface area is 164 Å². The van der Waals surface area contributed by atoms with Crippen LogP contribution in [0.15, 0.2) is 58.4 Å². The van der Waals surface area contributed by atoms with Crippen molar-refractivity contribution in [3.63, 3.8) is 0 Å². The number of ether oxygens (including phenoxy) is 1. The van der Waals surface area contributed by atoms with Crippen molar-refractivity contribution in [2.45, 2.75) is 20.0 Å². The van der Waals surface area contributed by atoms with Gasteiger partial charge in [0.2, 0.25) is 0 Å². The standard InChI is InChI=1S/C20H17BrFNO2S/c1-2-13-3-6-16(7-4-13)25-11-14-9-19(26-12-14)20(24)23-18-8-5-15(21)10-17(18)22/h3-10,12H,2,11H2,1H3,(H,23,24). The summed E-state index contributed by atoms with van der Waals surface area (Å²) < 4.78 is 20.2. The average Bonchev–Trinajstić information content (AvgIpc) is 3.12. The molecule has 0 radical (unpaired) electrons. The number of carbonyl (C=O) groups is 1. The molecule has 0 fully saturated rings. The smallest absolute Gasteiger partial charge is 0.265 e. The average molecular weight is 434 g/mol. The zero-order chi connectivity index (χ0) is 18.5. The van der Waals surface area contributed by atoms with Crippen LogP contribution >= 0.6 is 27.3 Å². The largest absolute Gasteiger partial charge is 0.489 e. The van der Waals surface area contributed by atoms with Crippen molar-refractivity contribution in [2.75, 3.05) is 5.32 Å². The fourth-order valence-electron chi connectivity index (χ4n) is 2.33. The molecule has 0 aliphatic rings. The molecule has 0 saturated carbocycles. The quantitative estimate of drug-likeness (QED) is 0.514. The summed E-state index contributed by atoms with van der Waals surface area (Å²) in [4.78, 5) is 12.8. The summed E-state index contributed by atoms with van der Waals surface area (Å²) in [6, 6.07) is 14.2. The number of rotatable bonds is 6. The van der Waals surface area contributed by atoms with Crippen molar-refractivity contribution in [1.29, 1.82) is 0 Å². The van der Waals surface area contributed by atoms with E-state index in [1.165, 1.54) is 29.0 Å². The summed E-state index contributed by atoms with van der Waals surface area (Å²) in [5, 5.41) is 4.46. The molecule has 0 bridgehead atoms. The van der Waals surface area contributed by atoms with Gasteiger partial charge in [0.15, 0.2) is 0 Å². The first kappa shape index (κ1) is 18.6. The Kier molecular flexibility index (Phi) is 6.06. The molecule has 3 nitrogen and oxygen atoms in total. The van der Waals surface area contributed by atoms with Gasteiger partial charge in [0, 0.05) is 10.0 Å². The maximum Gasteiger partial charge on any atom is 0.265 e. The van der Waals surface area contributed by atoms with Gasteiger partial charge < -0.3 is 10.1 Å². The Hall–Kier alpha value is -2.18. The molecule has 1 heterocycles. The van der Waals surface area contributed by atoms with E-state index in [-0.39, 0.29) is 11.6 Å². The molecule has 134 valence electrons. The van der Waals surface area contributed by atoms with Gasteiger partial charge in [-0.15, -0.1) is 11.3 Å². The molecule has 1 N–H and O–H groups in total. The minimum absolute atomic E-state index is 0.153. The predicted molar refractivity (Wildman–Crippen MR) is 107 cm³/mol. The van der Waals surface area contributed by atoms with Gasteiger partial charge in [-0.05, 0) is 53.8 Å². The summed E-state index contributed by atoms with van der Waals surface area (Å²) in [5.74, 6) is -0.0329. The van der Waals surface area contributed by atoms with E-state index >= 15 is 0 Å². The summed E-state index contributed by atoms with van der Waals surface area (Å²) in [5.41, 5.74) is 2.31. The van der Waals surface area contributed by atoms with Crippen molar-refractivity contribution in [2.24, 2.45) is 0 Å². The SMILES string of the molecule is CCc1ccc(OCc2csc(C(=O)Nc3ccc(Br)cc3F)c2)cc1. The van der Waals surface area contributed by atoms with Gasteiger partial charge in [0.05, 0.1) is 10.6 Å². The van der Waals surface area contributed by atoms with E-state index in [2.05, 4.69) is 28.2 Å². The highest BCUT2D eigenvalue weighted by atomic mass is 79.9. The van der Waals surface area contributed by atoms with Gasteiger partial charge in [-0.3, -0.25) is 4.79 Å². The monoisotopic (exact) mass is 433 g/mol. The van der Waals surface area contributed by atoms with Crippen LogP contribution in [-0.2, 0) is 13.0 Å². The number of hydrogen-bond acceptors (Lipinski definition) is 3. The molecule has 0 unspecified atom stereocenters.